The zero-order chi connectivity index (χ0) is 15.1. The molecule has 0 spiro atoms. The van der Waals surface area contributed by atoms with Crippen LogP contribution in [-0.4, -0.2) is 38.0 Å². The second-order valence-corrected chi connectivity index (χ2v) is 4.59. The van der Waals surface area contributed by atoms with Gasteiger partial charge in [0.05, 0.1) is 6.33 Å². The Hall–Kier alpha value is -2.70. The number of hydrogen-bond donors (Lipinski definition) is 3. The van der Waals surface area contributed by atoms with Crippen molar-refractivity contribution in [3.8, 4) is 0 Å². The number of aromatic amines is 1. The zero-order valence-electron chi connectivity index (χ0n) is 11.3. The van der Waals surface area contributed by atoms with Crippen LogP contribution in [0.3, 0.4) is 0 Å². The van der Waals surface area contributed by atoms with Crippen molar-refractivity contribution in [1.82, 2.24) is 20.3 Å². The van der Waals surface area contributed by atoms with Crippen molar-refractivity contribution in [2.75, 3.05) is 0 Å². The Morgan fingerprint density at radius 2 is 2.05 bits per heavy atom. The van der Waals surface area contributed by atoms with Gasteiger partial charge in [-0.3, -0.25) is 9.78 Å². The quantitative estimate of drug-likeness (QED) is 0.689. The highest BCUT2D eigenvalue weighted by atomic mass is 16.4. The Kier molecular flexibility index (Phi) is 5.03. The van der Waals surface area contributed by atoms with Crippen molar-refractivity contribution < 1.29 is 14.7 Å². The predicted octanol–water partition coefficient (Wildman–Crippen LogP) is 0.549. The molecule has 7 nitrogen and oxygen atoms in total. The second kappa shape index (κ2) is 7.18. The van der Waals surface area contributed by atoms with Gasteiger partial charge in [-0.15, -0.1) is 0 Å². The van der Waals surface area contributed by atoms with Gasteiger partial charge in [0, 0.05) is 37.1 Å². The van der Waals surface area contributed by atoms with Gasteiger partial charge < -0.3 is 15.4 Å². The van der Waals surface area contributed by atoms with Gasteiger partial charge in [-0.05, 0) is 24.1 Å². The second-order valence-electron chi connectivity index (χ2n) is 4.59. The van der Waals surface area contributed by atoms with E-state index in [1.807, 2.05) is 12.1 Å². The summed E-state index contributed by atoms with van der Waals surface area (Å²) < 4.78 is 0. The van der Waals surface area contributed by atoms with Crippen molar-refractivity contribution in [2.45, 2.75) is 25.3 Å². The highest BCUT2D eigenvalue weighted by Gasteiger charge is 2.20. The molecular weight excluding hydrogens is 272 g/mol. The molecule has 0 aliphatic rings. The SMILES string of the molecule is O=C(CCc1ccncc1)N[C@@H](Cc1cnc[nH]1)C(=O)O. The number of imidazole rings is 1. The summed E-state index contributed by atoms with van der Waals surface area (Å²) in [6.45, 7) is 0. The molecule has 2 heterocycles. The number of pyridine rings is 1. The standard InChI is InChI=1S/C14H16N4O3/c19-13(2-1-10-3-5-15-6-4-10)18-12(14(20)21)7-11-8-16-9-17-11/h3-6,8-9,12H,1-2,7H2,(H,16,17)(H,18,19)(H,20,21)/t12-/m0/s1. The van der Waals surface area contributed by atoms with E-state index in [0.717, 1.165) is 5.56 Å². The van der Waals surface area contributed by atoms with Crippen LogP contribution in [-0.2, 0) is 22.4 Å². The molecule has 0 saturated heterocycles. The van der Waals surface area contributed by atoms with Crippen LogP contribution in [0.5, 0.6) is 0 Å². The molecule has 0 aromatic carbocycles. The molecule has 0 bridgehead atoms. The summed E-state index contributed by atoms with van der Waals surface area (Å²) in [5.74, 6) is -1.36. The molecule has 7 heteroatoms. The number of H-pyrrole nitrogens is 1. The molecule has 0 aliphatic carbocycles. The largest absolute Gasteiger partial charge is 0.480 e. The van der Waals surface area contributed by atoms with E-state index in [1.54, 1.807) is 18.6 Å². The van der Waals surface area contributed by atoms with E-state index in [4.69, 9.17) is 5.11 Å². The van der Waals surface area contributed by atoms with Crippen molar-refractivity contribution in [2.24, 2.45) is 0 Å². The first-order valence-electron chi connectivity index (χ1n) is 6.53. The molecule has 0 radical (unpaired) electrons. The van der Waals surface area contributed by atoms with E-state index in [0.29, 0.717) is 12.1 Å². The van der Waals surface area contributed by atoms with Gasteiger partial charge in [0.25, 0.3) is 0 Å². The summed E-state index contributed by atoms with van der Waals surface area (Å²) in [5.41, 5.74) is 1.65. The number of carboxylic acid groups (broad SMARTS) is 1. The minimum atomic E-state index is -1.07. The minimum Gasteiger partial charge on any atom is -0.480 e. The number of aliphatic carboxylic acids is 1. The van der Waals surface area contributed by atoms with Gasteiger partial charge in [0.2, 0.25) is 5.91 Å². The monoisotopic (exact) mass is 288 g/mol. The Morgan fingerprint density at radius 1 is 1.29 bits per heavy atom. The third kappa shape index (κ3) is 4.72. The van der Waals surface area contributed by atoms with Gasteiger partial charge in [0.15, 0.2) is 0 Å². The summed E-state index contributed by atoms with van der Waals surface area (Å²) in [7, 11) is 0. The summed E-state index contributed by atoms with van der Waals surface area (Å²) in [6.07, 6.45) is 7.29. The van der Waals surface area contributed by atoms with Crippen LogP contribution < -0.4 is 5.32 Å². The van der Waals surface area contributed by atoms with Crippen LogP contribution in [0.15, 0.2) is 37.1 Å². The summed E-state index contributed by atoms with van der Waals surface area (Å²) >= 11 is 0. The maximum absolute atomic E-state index is 11.8. The number of carboxylic acids is 1. The lowest BCUT2D eigenvalue weighted by molar-refractivity contribution is -0.141. The lowest BCUT2D eigenvalue weighted by Gasteiger charge is -2.13. The number of amides is 1. The normalized spacial score (nSPS) is 11.8. The molecule has 0 aliphatic heterocycles. The van der Waals surface area contributed by atoms with Crippen LogP contribution in [0.4, 0.5) is 0 Å². The van der Waals surface area contributed by atoms with Crippen molar-refractivity contribution >= 4 is 11.9 Å². The summed E-state index contributed by atoms with van der Waals surface area (Å²) in [4.78, 5) is 33.6. The molecule has 1 amide bonds. The van der Waals surface area contributed by atoms with E-state index in [-0.39, 0.29) is 18.7 Å². The minimum absolute atomic E-state index is 0.177. The number of rotatable bonds is 7. The summed E-state index contributed by atoms with van der Waals surface area (Å²) in [5, 5.41) is 11.7. The fourth-order valence-corrected chi connectivity index (χ4v) is 1.89. The Balaban J connectivity index is 1.85. The molecular formula is C14H16N4O3. The highest BCUT2D eigenvalue weighted by molar-refractivity contribution is 5.83. The number of nitrogens with zero attached hydrogens (tertiary/aromatic N) is 2. The lowest BCUT2D eigenvalue weighted by atomic mass is 10.1. The molecule has 2 rings (SSSR count). The third-order valence-electron chi connectivity index (χ3n) is 3.00. The number of nitrogens with one attached hydrogen (secondary N) is 2. The molecule has 2 aromatic heterocycles. The maximum atomic E-state index is 11.8. The van der Waals surface area contributed by atoms with Gasteiger partial charge in [-0.2, -0.15) is 0 Å². The molecule has 0 fully saturated rings. The van der Waals surface area contributed by atoms with Crippen molar-refractivity contribution in [3.05, 3.63) is 48.3 Å². The topological polar surface area (TPSA) is 108 Å². The molecule has 0 saturated carbocycles. The van der Waals surface area contributed by atoms with Crippen molar-refractivity contribution in [3.63, 3.8) is 0 Å². The van der Waals surface area contributed by atoms with Crippen LogP contribution in [0.25, 0.3) is 0 Å². The lowest BCUT2D eigenvalue weighted by Crippen LogP contribution is -2.42. The Morgan fingerprint density at radius 3 is 2.67 bits per heavy atom. The van der Waals surface area contributed by atoms with Gasteiger partial charge in [0.1, 0.15) is 6.04 Å². The number of carbonyl (C=O) groups excluding carboxylic acids is 1. The smallest absolute Gasteiger partial charge is 0.326 e. The molecule has 3 N–H and O–H groups in total. The van der Waals surface area contributed by atoms with Gasteiger partial charge >= 0.3 is 5.97 Å². The first kappa shape index (κ1) is 14.7. The fraction of sp³-hybridized carbons (Fsp3) is 0.286. The highest BCUT2D eigenvalue weighted by Crippen LogP contribution is 2.03. The Labute approximate surface area is 121 Å². The summed E-state index contributed by atoms with van der Waals surface area (Å²) in [6, 6.07) is 2.69. The van der Waals surface area contributed by atoms with Gasteiger partial charge in [-0.25, -0.2) is 9.78 Å². The number of aryl methyl sites for hydroxylation is 1. The van der Waals surface area contributed by atoms with Crippen LogP contribution in [0, 0.1) is 0 Å². The first-order chi connectivity index (χ1) is 10.1. The zero-order valence-corrected chi connectivity index (χ0v) is 11.3. The third-order valence-corrected chi connectivity index (χ3v) is 3.00. The number of aromatic nitrogens is 3. The van der Waals surface area contributed by atoms with Gasteiger partial charge in [-0.1, -0.05) is 0 Å². The number of carbonyl (C=O) groups is 2. The average molecular weight is 288 g/mol. The molecule has 21 heavy (non-hydrogen) atoms. The molecule has 110 valence electrons. The van der Waals surface area contributed by atoms with E-state index < -0.39 is 12.0 Å². The Bertz CT molecular complexity index is 584. The van der Waals surface area contributed by atoms with Crippen molar-refractivity contribution in [1.29, 1.82) is 0 Å². The maximum Gasteiger partial charge on any atom is 0.326 e. The number of hydrogen-bond acceptors (Lipinski definition) is 4. The van der Waals surface area contributed by atoms with Crippen LogP contribution >= 0.6 is 0 Å². The van der Waals surface area contributed by atoms with E-state index in [1.165, 1.54) is 6.33 Å². The molecule has 1 atom stereocenters. The van der Waals surface area contributed by atoms with Crippen LogP contribution in [0.2, 0.25) is 0 Å². The molecule has 2 aromatic rings. The fourth-order valence-electron chi connectivity index (χ4n) is 1.89. The average Bonchev–Trinajstić information content (AvgIpc) is 2.98. The van der Waals surface area contributed by atoms with E-state index in [9.17, 15) is 9.59 Å². The van der Waals surface area contributed by atoms with Crippen LogP contribution in [0.1, 0.15) is 17.7 Å². The van der Waals surface area contributed by atoms with E-state index >= 15 is 0 Å². The predicted molar refractivity (Wildman–Crippen MR) is 74.4 cm³/mol. The first-order valence-corrected chi connectivity index (χ1v) is 6.53. The van der Waals surface area contributed by atoms with E-state index in [2.05, 4.69) is 20.3 Å². The molecule has 0 unspecified atom stereocenters.